The molecule has 0 unspecified atom stereocenters. The van der Waals surface area contributed by atoms with E-state index in [0.29, 0.717) is 24.7 Å². The number of nitrogens with one attached hydrogen (secondary N) is 1. The number of aromatic nitrogens is 3. The van der Waals surface area contributed by atoms with Gasteiger partial charge < -0.3 is 19.1 Å². The molecule has 148 valence electrons. The standard InChI is InChI=1S/C21H26N4O3/c1-25(21(26)14-6-4-3-5-7-14)11-10-19-23-20(28-24-19)18-13-15-12-16(27-2)8-9-17(15)22-18/h8-9,12-14,22H,3-7,10-11H2,1-2H3. The minimum atomic E-state index is 0.183. The van der Waals surface area contributed by atoms with Gasteiger partial charge in [0.25, 0.3) is 5.89 Å². The zero-order valence-electron chi connectivity index (χ0n) is 16.4. The molecule has 0 atom stereocenters. The molecule has 28 heavy (non-hydrogen) atoms. The number of carbonyl (C=O) groups excluding carboxylic acids is 1. The molecule has 1 N–H and O–H groups in total. The number of hydrogen-bond donors (Lipinski definition) is 1. The van der Waals surface area contributed by atoms with Crippen LogP contribution in [0.5, 0.6) is 5.75 Å². The summed E-state index contributed by atoms with van der Waals surface area (Å²) in [7, 11) is 3.51. The largest absolute Gasteiger partial charge is 0.497 e. The Labute approximate surface area is 164 Å². The van der Waals surface area contributed by atoms with E-state index in [-0.39, 0.29) is 11.8 Å². The molecule has 1 aliphatic carbocycles. The Bertz CT molecular complexity index is 956. The van der Waals surface area contributed by atoms with Gasteiger partial charge in [-0.1, -0.05) is 24.4 Å². The first kappa shape index (κ1) is 18.5. The van der Waals surface area contributed by atoms with Crippen molar-refractivity contribution in [1.29, 1.82) is 0 Å². The molecule has 0 radical (unpaired) electrons. The lowest BCUT2D eigenvalue weighted by molar-refractivity contribution is -0.135. The van der Waals surface area contributed by atoms with E-state index in [1.807, 2.05) is 31.3 Å². The minimum Gasteiger partial charge on any atom is -0.497 e. The summed E-state index contributed by atoms with van der Waals surface area (Å²) in [5.41, 5.74) is 1.75. The van der Waals surface area contributed by atoms with Crippen LogP contribution in [0.25, 0.3) is 22.5 Å². The maximum Gasteiger partial charge on any atom is 0.274 e. The molecule has 1 fully saturated rings. The number of nitrogens with zero attached hydrogens (tertiary/aromatic N) is 3. The van der Waals surface area contributed by atoms with Crippen LogP contribution in [0.4, 0.5) is 0 Å². The van der Waals surface area contributed by atoms with Gasteiger partial charge in [-0.15, -0.1) is 0 Å². The van der Waals surface area contributed by atoms with Gasteiger partial charge in [-0.05, 0) is 37.1 Å². The van der Waals surface area contributed by atoms with Crippen LogP contribution in [-0.2, 0) is 11.2 Å². The average molecular weight is 382 g/mol. The van der Waals surface area contributed by atoms with Crippen LogP contribution in [0, 0.1) is 5.92 Å². The lowest BCUT2D eigenvalue weighted by Crippen LogP contribution is -2.35. The van der Waals surface area contributed by atoms with Gasteiger partial charge in [0, 0.05) is 36.8 Å². The van der Waals surface area contributed by atoms with Crippen LogP contribution >= 0.6 is 0 Å². The first-order chi connectivity index (χ1) is 13.6. The monoisotopic (exact) mass is 382 g/mol. The summed E-state index contributed by atoms with van der Waals surface area (Å²) in [6, 6.07) is 7.79. The SMILES string of the molecule is COc1ccc2[nH]c(-c3nc(CCN(C)C(=O)C4CCCCC4)no3)cc2c1. The number of ether oxygens (including phenoxy) is 1. The number of carbonyl (C=O) groups is 1. The molecule has 3 aromatic rings. The number of H-pyrrole nitrogens is 1. The summed E-state index contributed by atoms with van der Waals surface area (Å²) in [5, 5.41) is 5.09. The molecule has 0 aliphatic heterocycles. The molecule has 1 aliphatic rings. The Morgan fingerprint density at radius 1 is 1.29 bits per heavy atom. The van der Waals surface area contributed by atoms with Crippen molar-refractivity contribution in [2.24, 2.45) is 5.92 Å². The molecular weight excluding hydrogens is 356 g/mol. The summed E-state index contributed by atoms with van der Waals surface area (Å²) < 4.78 is 10.7. The van der Waals surface area contributed by atoms with E-state index in [9.17, 15) is 4.79 Å². The maximum absolute atomic E-state index is 12.5. The summed E-state index contributed by atoms with van der Waals surface area (Å²) in [5.74, 6) is 2.28. The molecule has 2 heterocycles. The summed E-state index contributed by atoms with van der Waals surface area (Å²) in [6.07, 6.45) is 6.18. The van der Waals surface area contributed by atoms with Crippen LogP contribution in [0.2, 0.25) is 0 Å². The van der Waals surface area contributed by atoms with E-state index < -0.39 is 0 Å². The Morgan fingerprint density at radius 3 is 2.89 bits per heavy atom. The molecule has 2 aromatic heterocycles. The molecule has 0 spiro atoms. The second kappa shape index (κ2) is 8.04. The molecule has 1 saturated carbocycles. The van der Waals surface area contributed by atoms with E-state index in [1.54, 1.807) is 12.0 Å². The molecular formula is C21H26N4O3. The first-order valence-electron chi connectivity index (χ1n) is 9.89. The van der Waals surface area contributed by atoms with Crippen molar-refractivity contribution in [1.82, 2.24) is 20.0 Å². The highest BCUT2D eigenvalue weighted by Gasteiger charge is 2.24. The highest BCUT2D eigenvalue weighted by Crippen LogP contribution is 2.27. The predicted octanol–water partition coefficient (Wildman–Crippen LogP) is 3.81. The third-order valence-corrected chi connectivity index (χ3v) is 5.53. The first-order valence-corrected chi connectivity index (χ1v) is 9.89. The Balaban J connectivity index is 1.39. The second-order valence-electron chi connectivity index (χ2n) is 7.50. The number of hydrogen-bond acceptors (Lipinski definition) is 5. The van der Waals surface area contributed by atoms with E-state index >= 15 is 0 Å². The van der Waals surface area contributed by atoms with Gasteiger partial charge in [0.1, 0.15) is 11.4 Å². The number of amides is 1. The highest BCUT2D eigenvalue weighted by atomic mass is 16.5. The van der Waals surface area contributed by atoms with Gasteiger partial charge in [0.15, 0.2) is 5.82 Å². The molecule has 0 bridgehead atoms. The Kier molecular flexibility index (Phi) is 5.32. The van der Waals surface area contributed by atoms with Crippen molar-refractivity contribution in [2.45, 2.75) is 38.5 Å². The zero-order valence-corrected chi connectivity index (χ0v) is 16.4. The Morgan fingerprint density at radius 2 is 2.11 bits per heavy atom. The minimum absolute atomic E-state index is 0.183. The van der Waals surface area contributed by atoms with Gasteiger partial charge in [-0.25, -0.2) is 0 Å². The fourth-order valence-corrected chi connectivity index (χ4v) is 3.86. The third kappa shape index (κ3) is 3.88. The molecule has 7 heteroatoms. The molecule has 1 aromatic carbocycles. The topological polar surface area (TPSA) is 84.2 Å². The summed E-state index contributed by atoms with van der Waals surface area (Å²) in [6.45, 7) is 0.595. The van der Waals surface area contributed by atoms with Gasteiger partial charge in [0.05, 0.1) is 7.11 Å². The lowest BCUT2D eigenvalue weighted by atomic mass is 9.88. The number of methoxy groups -OCH3 is 1. The van der Waals surface area contributed by atoms with Crippen molar-refractivity contribution in [2.75, 3.05) is 20.7 Å². The number of aromatic amines is 1. The van der Waals surface area contributed by atoms with Crippen LogP contribution < -0.4 is 4.74 Å². The predicted molar refractivity (Wildman–Crippen MR) is 106 cm³/mol. The second-order valence-corrected chi connectivity index (χ2v) is 7.50. The Hall–Kier alpha value is -2.83. The van der Waals surface area contributed by atoms with E-state index in [0.717, 1.165) is 48.0 Å². The van der Waals surface area contributed by atoms with Crippen LogP contribution in [-0.4, -0.2) is 46.6 Å². The van der Waals surface area contributed by atoms with Crippen LogP contribution in [0.1, 0.15) is 37.9 Å². The lowest BCUT2D eigenvalue weighted by Gasteiger charge is -2.26. The van der Waals surface area contributed by atoms with E-state index in [2.05, 4.69) is 15.1 Å². The number of rotatable bonds is 6. The molecule has 7 nitrogen and oxygen atoms in total. The van der Waals surface area contributed by atoms with Gasteiger partial charge in [-0.3, -0.25) is 4.79 Å². The van der Waals surface area contributed by atoms with Crippen LogP contribution in [0.15, 0.2) is 28.8 Å². The average Bonchev–Trinajstić information content (AvgIpc) is 3.38. The number of likely N-dealkylation sites (N-methyl/N-ethyl adjacent to an activating group) is 1. The third-order valence-electron chi connectivity index (χ3n) is 5.53. The fraction of sp³-hybridized carbons (Fsp3) is 0.476. The van der Waals surface area contributed by atoms with Crippen molar-refractivity contribution < 1.29 is 14.1 Å². The zero-order chi connectivity index (χ0) is 19.5. The van der Waals surface area contributed by atoms with Gasteiger partial charge in [0.2, 0.25) is 5.91 Å². The molecule has 4 rings (SSSR count). The van der Waals surface area contributed by atoms with Crippen molar-refractivity contribution in [3.05, 3.63) is 30.1 Å². The van der Waals surface area contributed by atoms with E-state index in [1.165, 1.54) is 6.42 Å². The van der Waals surface area contributed by atoms with Crippen molar-refractivity contribution in [3.63, 3.8) is 0 Å². The number of fused-ring (bicyclic) bond motifs is 1. The highest BCUT2D eigenvalue weighted by molar-refractivity contribution is 5.85. The van der Waals surface area contributed by atoms with Crippen LogP contribution in [0.3, 0.4) is 0 Å². The summed E-state index contributed by atoms with van der Waals surface area (Å²) in [4.78, 5) is 22.1. The van der Waals surface area contributed by atoms with Gasteiger partial charge in [-0.2, -0.15) is 4.98 Å². The van der Waals surface area contributed by atoms with Crippen molar-refractivity contribution in [3.8, 4) is 17.3 Å². The smallest absolute Gasteiger partial charge is 0.274 e. The fourth-order valence-electron chi connectivity index (χ4n) is 3.86. The molecule has 0 saturated heterocycles. The number of benzene rings is 1. The maximum atomic E-state index is 12.5. The van der Waals surface area contributed by atoms with Crippen molar-refractivity contribution >= 4 is 16.8 Å². The quantitative estimate of drug-likeness (QED) is 0.701. The summed E-state index contributed by atoms with van der Waals surface area (Å²) >= 11 is 0. The normalized spacial score (nSPS) is 15.1. The van der Waals surface area contributed by atoms with E-state index in [4.69, 9.17) is 9.26 Å². The molecule has 1 amide bonds. The van der Waals surface area contributed by atoms with Gasteiger partial charge >= 0.3 is 0 Å².